The summed E-state index contributed by atoms with van der Waals surface area (Å²) in [4.78, 5) is 26.6. The van der Waals surface area contributed by atoms with Crippen molar-refractivity contribution in [3.8, 4) is 0 Å². The molecule has 1 N–H and O–H groups in total. The molecule has 2 aromatic rings. The van der Waals surface area contributed by atoms with Gasteiger partial charge in [0.15, 0.2) is 0 Å². The van der Waals surface area contributed by atoms with Gasteiger partial charge in [-0.2, -0.15) is 5.10 Å². The van der Waals surface area contributed by atoms with E-state index in [0.717, 1.165) is 12.1 Å². The predicted molar refractivity (Wildman–Crippen MR) is 94.8 cm³/mol. The van der Waals surface area contributed by atoms with E-state index in [2.05, 4.69) is 26.3 Å². The number of likely N-dealkylation sites (N-methyl/N-ethyl adjacent to an activating group) is 1. The fourth-order valence-electron chi connectivity index (χ4n) is 3.05. The number of nitrogens with one attached hydrogen (secondary N) is 1. The SMILES string of the molecule is CN1C[C@H](c2c(Br)nn(C)c2Cl)[C@@H](C(=O)Nc2ccc(F)cc2F)C1=O. The number of rotatable bonds is 3. The average molecular weight is 448 g/mol. The highest BCUT2D eigenvalue weighted by Crippen LogP contribution is 2.40. The van der Waals surface area contributed by atoms with Crippen molar-refractivity contribution in [1.82, 2.24) is 14.7 Å². The summed E-state index contributed by atoms with van der Waals surface area (Å²) in [5.74, 6) is -4.46. The third-order valence-corrected chi connectivity index (χ3v) is 5.36. The van der Waals surface area contributed by atoms with Gasteiger partial charge in [0.2, 0.25) is 11.8 Å². The molecule has 1 saturated heterocycles. The van der Waals surface area contributed by atoms with Crippen molar-refractivity contribution in [1.29, 1.82) is 0 Å². The Kier molecular flexibility index (Phi) is 5.03. The molecule has 0 saturated carbocycles. The van der Waals surface area contributed by atoms with E-state index in [1.54, 1.807) is 14.1 Å². The van der Waals surface area contributed by atoms with Crippen molar-refractivity contribution in [2.45, 2.75) is 5.92 Å². The highest BCUT2D eigenvalue weighted by Gasteiger charge is 2.46. The molecule has 1 aromatic heterocycles. The number of nitrogens with zero attached hydrogens (tertiary/aromatic N) is 3. The van der Waals surface area contributed by atoms with E-state index in [9.17, 15) is 18.4 Å². The van der Waals surface area contributed by atoms with Gasteiger partial charge in [-0.25, -0.2) is 8.78 Å². The minimum atomic E-state index is -1.11. The molecule has 3 rings (SSSR count). The maximum atomic E-state index is 13.8. The summed E-state index contributed by atoms with van der Waals surface area (Å²) in [6, 6.07) is 2.78. The van der Waals surface area contributed by atoms with Gasteiger partial charge in [0.05, 0.1) is 5.69 Å². The Morgan fingerprint density at radius 2 is 2.08 bits per heavy atom. The van der Waals surface area contributed by atoms with Crippen LogP contribution in [0.25, 0.3) is 0 Å². The van der Waals surface area contributed by atoms with Gasteiger partial charge in [0.1, 0.15) is 27.3 Å². The average Bonchev–Trinajstić information content (AvgIpc) is 2.98. The first-order chi connectivity index (χ1) is 12.2. The summed E-state index contributed by atoms with van der Waals surface area (Å²) in [5, 5.41) is 6.81. The number of hydrogen-bond donors (Lipinski definition) is 1. The summed E-state index contributed by atoms with van der Waals surface area (Å²) in [6.07, 6.45) is 0. The first-order valence-corrected chi connectivity index (χ1v) is 8.76. The van der Waals surface area contributed by atoms with Gasteiger partial charge in [-0.15, -0.1) is 0 Å². The molecule has 6 nitrogen and oxygen atoms in total. The maximum absolute atomic E-state index is 13.8. The molecule has 2 atom stereocenters. The van der Waals surface area contributed by atoms with Crippen LogP contribution in [0.15, 0.2) is 22.8 Å². The molecule has 2 heterocycles. The minimum Gasteiger partial charge on any atom is -0.344 e. The smallest absolute Gasteiger partial charge is 0.237 e. The van der Waals surface area contributed by atoms with Crippen molar-refractivity contribution in [3.63, 3.8) is 0 Å². The molecule has 0 aliphatic carbocycles. The van der Waals surface area contributed by atoms with Crippen LogP contribution in [0.1, 0.15) is 11.5 Å². The van der Waals surface area contributed by atoms with Crippen LogP contribution in [0.4, 0.5) is 14.5 Å². The van der Waals surface area contributed by atoms with Gasteiger partial charge >= 0.3 is 0 Å². The van der Waals surface area contributed by atoms with E-state index in [4.69, 9.17) is 11.6 Å². The number of anilines is 1. The van der Waals surface area contributed by atoms with Crippen LogP contribution >= 0.6 is 27.5 Å². The summed E-state index contributed by atoms with van der Waals surface area (Å²) < 4.78 is 28.7. The fraction of sp³-hybridized carbons (Fsp3) is 0.312. The van der Waals surface area contributed by atoms with E-state index in [1.807, 2.05) is 0 Å². The van der Waals surface area contributed by atoms with Crippen molar-refractivity contribution >= 4 is 45.0 Å². The number of amides is 2. The van der Waals surface area contributed by atoms with Crippen molar-refractivity contribution in [3.05, 3.63) is 45.2 Å². The van der Waals surface area contributed by atoms with Crippen LogP contribution in [0.3, 0.4) is 0 Å². The number of benzene rings is 1. The summed E-state index contributed by atoms with van der Waals surface area (Å²) in [5.41, 5.74) is 0.334. The van der Waals surface area contributed by atoms with Crippen LogP contribution in [-0.2, 0) is 16.6 Å². The normalized spacial score (nSPS) is 19.9. The molecule has 10 heteroatoms. The van der Waals surface area contributed by atoms with E-state index in [1.165, 1.54) is 9.58 Å². The highest BCUT2D eigenvalue weighted by molar-refractivity contribution is 9.10. The van der Waals surface area contributed by atoms with Gasteiger partial charge in [-0.3, -0.25) is 14.3 Å². The molecule has 0 bridgehead atoms. The Morgan fingerprint density at radius 1 is 1.38 bits per heavy atom. The zero-order valence-corrected chi connectivity index (χ0v) is 16.1. The molecular weight excluding hydrogens is 434 g/mol. The molecule has 1 aliphatic heterocycles. The van der Waals surface area contributed by atoms with Crippen LogP contribution in [0.2, 0.25) is 5.15 Å². The Morgan fingerprint density at radius 3 is 2.65 bits per heavy atom. The topological polar surface area (TPSA) is 67.2 Å². The third kappa shape index (κ3) is 3.21. The van der Waals surface area contributed by atoms with Crippen molar-refractivity contribution in [2.75, 3.05) is 18.9 Å². The lowest BCUT2D eigenvalue weighted by molar-refractivity contribution is -0.135. The highest BCUT2D eigenvalue weighted by atomic mass is 79.9. The standard InChI is InChI=1S/C16H14BrClF2N4O2/c1-23-6-8(11-13(17)22-24(2)14(11)18)12(16(23)26)15(25)21-10-4-3-7(19)5-9(10)20/h3-5,8,12H,6H2,1-2H3,(H,21,25)/t8-,12+/m1/s1. The zero-order valence-electron chi connectivity index (χ0n) is 13.8. The zero-order chi connectivity index (χ0) is 19.2. The monoisotopic (exact) mass is 446 g/mol. The van der Waals surface area contributed by atoms with E-state index in [0.29, 0.717) is 21.4 Å². The van der Waals surface area contributed by atoms with Crippen LogP contribution < -0.4 is 5.32 Å². The van der Waals surface area contributed by atoms with Gasteiger partial charge in [-0.1, -0.05) is 11.6 Å². The third-order valence-electron chi connectivity index (χ3n) is 4.32. The first-order valence-electron chi connectivity index (χ1n) is 7.59. The number of aryl methyl sites for hydroxylation is 1. The molecule has 2 amide bonds. The van der Waals surface area contributed by atoms with Crippen LogP contribution in [0, 0.1) is 17.6 Å². The number of hydrogen-bond acceptors (Lipinski definition) is 3. The van der Waals surface area contributed by atoms with Crippen LogP contribution in [0.5, 0.6) is 0 Å². The molecule has 26 heavy (non-hydrogen) atoms. The molecule has 0 unspecified atom stereocenters. The van der Waals surface area contributed by atoms with Crippen molar-refractivity contribution in [2.24, 2.45) is 13.0 Å². The largest absolute Gasteiger partial charge is 0.344 e. The number of aromatic nitrogens is 2. The molecule has 138 valence electrons. The van der Waals surface area contributed by atoms with Gasteiger partial charge in [0.25, 0.3) is 0 Å². The molecule has 1 aliphatic rings. The van der Waals surface area contributed by atoms with E-state index >= 15 is 0 Å². The van der Waals surface area contributed by atoms with Gasteiger partial charge in [0, 0.05) is 38.2 Å². The van der Waals surface area contributed by atoms with Crippen molar-refractivity contribution < 1.29 is 18.4 Å². The Balaban J connectivity index is 1.94. The molecule has 0 radical (unpaired) electrons. The maximum Gasteiger partial charge on any atom is 0.237 e. The number of carbonyl (C=O) groups is 2. The second-order valence-electron chi connectivity index (χ2n) is 6.04. The summed E-state index contributed by atoms with van der Waals surface area (Å²) in [6.45, 7) is 0.257. The number of halogens is 4. The molecule has 1 aromatic carbocycles. The fourth-order valence-corrected chi connectivity index (χ4v) is 4.15. The second kappa shape index (κ2) is 6.96. The lowest BCUT2D eigenvalue weighted by Crippen LogP contribution is -2.33. The lowest BCUT2D eigenvalue weighted by Gasteiger charge is -2.16. The molecule has 0 spiro atoms. The van der Waals surface area contributed by atoms with E-state index in [-0.39, 0.29) is 12.2 Å². The molecular formula is C16H14BrClF2N4O2. The quantitative estimate of drug-likeness (QED) is 0.736. The minimum absolute atomic E-state index is 0.200. The van der Waals surface area contributed by atoms with Crippen LogP contribution in [-0.4, -0.2) is 40.1 Å². The number of likely N-dealkylation sites (tertiary alicyclic amines) is 1. The Labute approximate surface area is 161 Å². The lowest BCUT2D eigenvalue weighted by atomic mass is 9.89. The van der Waals surface area contributed by atoms with E-state index < -0.39 is 35.3 Å². The predicted octanol–water partition coefficient (Wildman–Crippen LogP) is 2.92. The molecule has 1 fully saturated rings. The Bertz CT molecular complexity index is 905. The number of carbonyl (C=O) groups excluding carboxylic acids is 2. The Hall–Kier alpha value is -2.00. The van der Waals surface area contributed by atoms with Gasteiger partial charge in [-0.05, 0) is 28.1 Å². The first kappa shape index (κ1) is 18.8. The van der Waals surface area contributed by atoms with Gasteiger partial charge < -0.3 is 10.2 Å². The second-order valence-corrected chi connectivity index (χ2v) is 7.14. The summed E-state index contributed by atoms with van der Waals surface area (Å²) in [7, 11) is 3.21. The summed E-state index contributed by atoms with van der Waals surface area (Å²) >= 11 is 9.57.